The van der Waals surface area contributed by atoms with E-state index in [2.05, 4.69) is 12.3 Å². The summed E-state index contributed by atoms with van der Waals surface area (Å²) in [5.74, 6) is 0. The van der Waals surface area contributed by atoms with Crippen LogP contribution in [0.5, 0.6) is 0 Å². The van der Waals surface area contributed by atoms with Crippen LogP contribution in [0.3, 0.4) is 0 Å². The maximum atomic E-state index is 9.65. The molecule has 0 saturated carbocycles. The molecule has 0 bridgehead atoms. The summed E-state index contributed by atoms with van der Waals surface area (Å²) in [5.41, 5.74) is 2.21. The van der Waals surface area contributed by atoms with E-state index in [0.717, 1.165) is 6.08 Å². The molecule has 1 nitrogen and oxygen atoms in total. The van der Waals surface area contributed by atoms with Crippen molar-refractivity contribution in [3.63, 3.8) is 0 Å². The lowest BCUT2D eigenvalue weighted by Crippen LogP contribution is -1.68. The van der Waals surface area contributed by atoms with Gasteiger partial charge in [-0.1, -0.05) is 6.58 Å². The molecule has 0 aliphatic heterocycles. The normalized spacial score (nSPS) is 6.17. The highest BCUT2D eigenvalue weighted by atomic mass is 35.5. The highest BCUT2D eigenvalue weighted by molar-refractivity contribution is 6.66. The van der Waals surface area contributed by atoms with Crippen molar-refractivity contribution in [2.45, 2.75) is 0 Å². The highest BCUT2D eigenvalue weighted by Gasteiger charge is 1.76. The largest absolute Gasteiger partial charge is 0.276 e. The molecule has 0 amide bonds. The molecule has 0 radical (unpaired) electrons. The summed E-state index contributed by atoms with van der Waals surface area (Å²) in [5, 5.41) is -0.537. The van der Waals surface area contributed by atoms with Gasteiger partial charge in [0.1, 0.15) is 0 Å². The van der Waals surface area contributed by atoms with E-state index in [1.54, 1.807) is 0 Å². The summed E-state index contributed by atoms with van der Waals surface area (Å²) in [6.07, 6.45) is 1.06. The standard InChI is InChI=1S/C4H3ClO/c1-2-3-4(5)6/h3H,1H2. The monoisotopic (exact) mass is 102 g/mol. The van der Waals surface area contributed by atoms with Gasteiger partial charge in [0.25, 0.3) is 5.24 Å². The van der Waals surface area contributed by atoms with Crippen LogP contribution in [0.25, 0.3) is 0 Å². The first kappa shape index (κ1) is 5.48. The van der Waals surface area contributed by atoms with Crippen LogP contribution in [0.15, 0.2) is 18.4 Å². The fourth-order valence-electron chi connectivity index (χ4n) is 0.0802. The number of halogens is 1. The van der Waals surface area contributed by atoms with Crippen molar-refractivity contribution < 1.29 is 4.79 Å². The zero-order valence-electron chi connectivity index (χ0n) is 3.07. The van der Waals surface area contributed by atoms with Gasteiger partial charge in [-0.05, 0) is 11.6 Å². The van der Waals surface area contributed by atoms with E-state index in [0.29, 0.717) is 0 Å². The van der Waals surface area contributed by atoms with Crippen LogP contribution in [-0.2, 0) is 4.79 Å². The van der Waals surface area contributed by atoms with E-state index >= 15 is 0 Å². The van der Waals surface area contributed by atoms with Crippen LogP contribution in [0.1, 0.15) is 0 Å². The van der Waals surface area contributed by atoms with E-state index < -0.39 is 5.24 Å². The molecule has 0 unspecified atom stereocenters. The average Bonchev–Trinajstić information content (AvgIpc) is 1.35. The molecule has 0 aliphatic carbocycles. The van der Waals surface area contributed by atoms with Crippen molar-refractivity contribution >= 4 is 16.8 Å². The Morgan fingerprint density at radius 3 is 2.50 bits per heavy atom. The van der Waals surface area contributed by atoms with E-state index in [1.807, 2.05) is 0 Å². The van der Waals surface area contributed by atoms with Crippen molar-refractivity contribution in [1.82, 2.24) is 0 Å². The van der Waals surface area contributed by atoms with Gasteiger partial charge in [0.2, 0.25) is 0 Å². The zero-order chi connectivity index (χ0) is 4.99. The molecule has 0 spiro atoms. The lowest BCUT2D eigenvalue weighted by atomic mass is 10.7. The molecular weight excluding hydrogens is 99.5 g/mol. The van der Waals surface area contributed by atoms with Crippen molar-refractivity contribution in [2.24, 2.45) is 0 Å². The summed E-state index contributed by atoms with van der Waals surface area (Å²) < 4.78 is 0. The van der Waals surface area contributed by atoms with Crippen molar-refractivity contribution in [1.29, 1.82) is 0 Å². The third kappa shape index (κ3) is 3.48. The zero-order valence-corrected chi connectivity index (χ0v) is 3.83. The Hall–Kier alpha value is -0.520. The van der Waals surface area contributed by atoms with E-state index in [1.165, 1.54) is 0 Å². The average molecular weight is 103 g/mol. The number of hydrogen-bond acceptors (Lipinski definition) is 1. The van der Waals surface area contributed by atoms with Crippen LogP contribution in [0, 0.1) is 0 Å². The maximum Gasteiger partial charge on any atom is 0.252 e. The quantitative estimate of drug-likeness (QED) is 0.275. The number of allylic oxidation sites excluding steroid dienone is 1. The summed E-state index contributed by atoms with van der Waals surface area (Å²) >= 11 is 4.78. The molecule has 0 aliphatic rings. The van der Waals surface area contributed by atoms with E-state index in [9.17, 15) is 4.79 Å². The molecule has 0 atom stereocenters. The van der Waals surface area contributed by atoms with E-state index in [-0.39, 0.29) is 0 Å². The fraction of sp³-hybridized carbons (Fsp3) is 0. The third-order valence-corrected chi connectivity index (χ3v) is 0.325. The van der Waals surface area contributed by atoms with Gasteiger partial charge in [0, 0.05) is 6.08 Å². The Balaban J connectivity index is 3.60. The summed E-state index contributed by atoms with van der Waals surface area (Å²) in [6.45, 7) is 3.12. The molecule has 0 aromatic rings. The van der Waals surface area contributed by atoms with Crippen LogP contribution >= 0.6 is 11.6 Å². The first-order valence-corrected chi connectivity index (χ1v) is 1.70. The Morgan fingerprint density at radius 1 is 2.00 bits per heavy atom. The molecule has 0 rings (SSSR count). The number of hydrogen-bond donors (Lipinski definition) is 0. The SMILES string of the molecule is C=C=CC(=O)Cl. The molecule has 0 heterocycles. The maximum absolute atomic E-state index is 9.65. The number of rotatable bonds is 1. The van der Waals surface area contributed by atoms with Gasteiger partial charge in [0.05, 0.1) is 0 Å². The van der Waals surface area contributed by atoms with Crippen LogP contribution < -0.4 is 0 Å². The number of carbonyl (C=O) groups excluding carboxylic acids is 1. The minimum Gasteiger partial charge on any atom is -0.276 e. The minimum atomic E-state index is -0.537. The van der Waals surface area contributed by atoms with Crippen molar-refractivity contribution in [2.75, 3.05) is 0 Å². The molecule has 32 valence electrons. The Kier molecular flexibility index (Phi) is 2.47. The second-order valence-corrected chi connectivity index (χ2v) is 1.03. The van der Waals surface area contributed by atoms with Gasteiger partial charge in [-0.2, -0.15) is 0 Å². The van der Waals surface area contributed by atoms with Crippen LogP contribution in [0.2, 0.25) is 0 Å². The predicted octanol–water partition coefficient (Wildman–Crippen LogP) is 1.09. The molecule has 0 aromatic heterocycles. The van der Waals surface area contributed by atoms with Gasteiger partial charge in [-0.15, -0.1) is 5.73 Å². The van der Waals surface area contributed by atoms with Crippen LogP contribution in [0.4, 0.5) is 0 Å². The topological polar surface area (TPSA) is 17.1 Å². The van der Waals surface area contributed by atoms with Gasteiger partial charge in [-0.25, -0.2) is 0 Å². The highest BCUT2D eigenvalue weighted by Crippen LogP contribution is 1.75. The fourth-order valence-corrected chi connectivity index (χ4v) is 0.157. The van der Waals surface area contributed by atoms with Crippen molar-refractivity contribution in [3.05, 3.63) is 18.4 Å². The molecule has 0 aromatic carbocycles. The molecule has 0 saturated heterocycles. The summed E-state index contributed by atoms with van der Waals surface area (Å²) in [4.78, 5) is 9.65. The van der Waals surface area contributed by atoms with Gasteiger partial charge in [0.15, 0.2) is 0 Å². The molecular formula is C4H3ClO. The molecule has 0 N–H and O–H groups in total. The Morgan fingerprint density at radius 2 is 2.50 bits per heavy atom. The first-order chi connectivity index (χ1) is 2.77. The first-order valence-electron chi connectivity index (χ1n) is 1.32. The van der Waals surface area contributed by atoms with E-state index in [4.69, 9.17) is 11.6 Å². The van der Waals surface area contributed by atoms with Gasteiger partial charge >= 0.3 is 0 Å². The predicted molar refractivity (Wildman–Crippen MR) is 24.6 cm³/mol. The molecule has 0 fully saturated rings. The van der Waals surface area contributed by atoms with Gasteiger partial charge < -0.3 is 0 Å². The van der Waals surface area contributed by atoms with Crippen molar-refractivity contribution in [3.8, 4) is 0 Å². The molecule has 6 heavy (non-hydrogen) atoms. The summed E-state index contributed by atoms with van der Waals surface area (Å²) in [6, 6.07) is 0. The second kappa shape index (κ2) is 2.70. The smallest absolute Gasteiger partial charge is 0.252 e. The second-order valence-electron chi connectivity index (χ2n) is 0.653. The minimum absolute atomic E-state index is 0.537. The lowest BCUT2D eigenvalue weighted by Gasteiger charge is -1.60. The van der Waals surface area contributed by atoms with Crippen LogP contribution in [-0.4, -0.2) is 5.24 Å². The lowest BCUT2D eigenvalue weighted by molar-refractivity contribution is -0.107. The third-order valence-electron chi connectivity index (χ3n) is 0.216. The Bertz CT molecular complexity index is 100. The Labute approximate surface area is 40.9 Å². The molecule has 2 heteroatoms. The summed E-state index contributed by atoms with van der Waals surface area (Å²) in [7, 11) is 0. The van der Waals surface area contributed by atoms with Gasteiger partial charge in [-0.3, -0.25) is 4.79 Å². The number of carbonyl (C=O) groups is 1.